The van der Waals surface area contributed by atoms with Crippen LogP contribution in [0.25, 0.3) is 22.3 Å². The number of hydrogen-bond acceptors (Lipinski definition) is 6. The fourth-order valence-electron chi connectivity index (χ4n) is 7.50. The zero-order valence-electron chi connectivity index (χ0n) is 27.6. The van der Waals surface area contributed by atoms with Crippen LogP contribution >= 0.6 is 0 Å². The van der Waals surface area contributed by atoms with Crippen LogP contribution in [0.5, 0.6) is 0 Å². The number of aromatic nitrogens is 5. The number of pyridine rings is 1. The van der Waals surface area contributed by atoms with Crippen LogP contribution < -0.4 is 5.56 Å². The van der Waals surface area contributed by atoms with Crippen LogP contribution in [0.4, 0.5) is 0 Å². The highest BCUT2D eigenvalue weighted by molar-refractivity contribution is 5.94. The van der Waals surface area contributed by atoms with Crippen LogP contribution in [0.15, 0.2) is 84.2 Å². The number of rotatable bonds is 6. The Balaban J connectivity index is 1.05. The Hall–Kier alpha value is -5.03. The molecule has 0 radical (unpaired) electrons. The quantitative estimate of drug-likeness (QED) is 0.300. The molecule has 0 spiro atoms. The maximum Gasteiger partial charge on any atom is 0.270 e. The van der Waals surface area contributed by atoms with Gasteiger partial charge in [-0.2, -0.15) is 0 Å². The van der Waals surface area contributed by atoms with E-state index in [4.69, 9.17) is 0 Å². The van der Waals surface area contributed by atoms with Crippen molar-refractivity contribution in [3.8, 4) is 11.3 Å². The van der Waals surface area contributed by atoms with E-state index < -0.39 is 5.60 Å². The van der Waals surface area contributed by atoms with Crippen LogP contribution in [-0.2, 0) is 25.4 Å². The molecule has 48 heavy (non-hydrogen) atoms. The molecular formula is C37H41N7O4. The highest BCUT2D eigenvalue weighted by Crippen LogP contribution is 2.36. The average molecular weight is 648 g/mol. The first-order valence-electron chi connectivity index (χ1n) is 16.6. The number of likely N-dealkylation sites (tertiary alicyclic amines) is 2. The van der Waals surface area contributed by atoms with Gasteiger partial charge in [0.25, 0.3) is 11.5 Å². The summed E-state index contributed by atoms with van der Waals surface area (Å²) in [6.45, 7) is 3.77. The minimum absolute atomic E-state index is 0.0525. The molecule has 2 aliphatic heterocycles. The van der Waals surface area contributed by atoms with Gasteiger partial charge in [-0.3, -0.25) is 23.9 Å². The first-order chi connectivity index (χ1) is 23.1. The maximum absolute atomic E-state index is 14.2. The molecule has 2 aliphatic rings. The van der Waals surface area contributed by atoms with Gasteiger partial charge >= 0.3 is 0 Å². The van der Waals surface area contributed by atoms with Gasteiger partial charge in [0, 0.05) is 81.5 Å². The summed E-state index contributed by atoms with van der Waals surface area (Å²) in [6, 6.07) is 19.5. The van der Waals surface area contributed by atoms with Crippen molar-refractivity contribution in [2.45, 2.75) is 44.2 Å². The van der Waals surface area contributed by atoms with E-state index in [0.29, 0.717) is 62.2 Å². The van der Waals surface area contributed by atoms with Crippen molar-refractivity contribution < 1.29 is 14.7 Å². The summed E-state index contributed by atoms with van der Waals surface area (Å²) in [6.07, 6.45) is 6.34. The van der Waals surface area contributed by atoms with E-state index in [0.717, 1.165) is 22.5 Å². The van der Waals surface area contributed by atoms with E-state index in [2.05, 4.69) is 9.97 Å². The Morgan fingerprint density at radius 2 is 1.73 bits per heavy atom. The molecule has 1 N–H and O–H groups in total. The highest BCUT2D eigenvalue weighted by Gasteiger charge is 2.42. The standard InChI is InChI=1S/C37H41N7O4/c1-25-21-27(11-16-38-25)31-9-10-32(41(31)3)36(47)43-18-13-28(30(22-43)26-7-5-4-6-8-26)34(45)42-19-14-37(48,15-20-42)23-44-24-39-33-29(35(44)46)12-17-40(33)2/h4-12,16-17,21,24,28,30,48H,13-15,18-20,22-23H2,1-3H3/t28-,30+/m1/s1. The largest absolute Gasteiger partial charge is 0.388 e. The number of amides is 2. The summed E-state index contributed by atoms with van der Waals surface area (Å²) < 4.78 is 5.21. The molecule has 6 heterocycles. The second kappa shape index (κ2) is 12.5. The summed E-state index contributed by atoms with van der Waals surface area (Å²) in [7, 11) is 3.75. The fourth-order valence-corrected chi connectivity index (χ4v) is 7.50. The molecule has 11 heteroatoms. The van der Waals surface area contributed by atoms with Gasteiger partial charge in [0.2, 0.25) is 5.91 Å². The van der Waals surface area contributed by atoms with Gasteiger partial charge in [-0.15, -0.1) is 0 Å². The molecule has 0 unspecified atom stereocenters. The Morgan fingerprint density at radius 1 is 0.958 bits per heavy atom. The predicted molar refractivity (Wildman–Crippen MR) is 182 cm³/mol. The average Bonchev–Trinajstić information content (AvgIpc) is 3.68. The van der Waals surface area contributed by atoms with Crippen molar-refractivity contribution in [1.29, 1.82) is 0 Å². The number of nitrogens with zero attached hydrogens (tertiary/aromatic N) is 7. The predicted octanol–water partition coefficient (Wildman–Crippen LogP) is 3.74. The van der Waals surface area contributed by atoms with Crippen molar-refractivity contribution in [1.82, 2.24) is 33.5 Å². The van der Waals surface area contributed by atoms with Crippen molar-refractivity contribution in [2.75, 3.05) is 26.2 Å². The van der Waals surface area contributed by atoms with Crippen LogP contribution in [0, 0.1) is 12.8 Å². The van der Waals surface area contributed by atoms with Gasteiger partial charge in [-0.05, 0) is 62.1 Å². The van der Waals surface area contributed by atoms with Crippen molar-refractivity contribution in [3.63, 3.8) is 0 Å². The van der Waals surface area contributed by atoms with E-state index in [1.165, 1.54) is 10.9 Å². The van der Waals surface area contributed by atoms with E-state index in [1.807, 2.05) is 90.0 Å². The van der Waals surface area contributed by atoms with Crippen LogP contribution in [-0.4, -0.2) is 82.2 Å². The van der Waals surface area contributed by atoms with Crippen molar-refractivity contribution in [2.24, 2.45) is 20.0 Å². The van der Waals surface area contributed by atoms with E-state index in [-0.39, 0.29) is 35.8 Å². The van der Waals surface area contributed by atoms with E-state index in [9.17, 15) is 19.5 Å². The van der Waals surface area contributed by atoms with Gasteiger partial charge in [-0.1, -0.05) is 30.3 Å². The van der Waals surface area contributed by atoms with E-state index >= 15 is 0 Å². The summed E-state index contributed by atoms with van der Waals surface area (Å²) in [5, 5.41) is 12.0. The Labute approximate surface area is 279 Å². The smallest absolute Gasteiger partial charge is 0.270 e. The first-order valence-corrected chi connectivity index (χ1v) is 16.6. The molecule has 0 saturated carbocycles. The molecule has 1 aromatic carbocycles. The minimum Gasteiger partial charge on any atom is -0.388 e. The first kappa shape index (κ1) is 31.6. The topological polar surface area (TPSA) is 118 Å². The SMILES string of the molecule is Cc1cc(-c2ccc(C(=O)N3CC[C@@H](C(=O)N4CCC(O)(Cn5cnc6c(ccn6C)c5=O)CC4)[C@H](c4ccccc4)C3)n2C)ccn1. The number of carbonyl (C=O) groups is 2. The number of hydrogen-bond donors (Lipinski definition) is 1. The number of piperidine rings is 2. The second-order valence-electron chi connectivity index (χ2n) is 13.4. The lowest BCUT2D eigenvalue weighted by molar-refractivity contribution is -0.142. The maximum atomic E-state index is 14.2. The van der Waals surface area contributed by atoms with Crippen LogP contribution in [0.1, 0.15) is 46.9 Å². The lowest BCUT2D eigenvalue weighted by atomic mass is 9.79. The number of carbonyl (C=O) groups excluding carboxylic acids is 2. The van der Waals surface area contributed by atoms with Gasteiger partial charge in [-0.25, -0.2) is 4.98 Å². The molecular weight excluding hydrogens is 606 g/mol. The van der Waals surface area contributed by atoms with Crippen LogP contribution in [0.3, 0.4) is 0 Å². The molecule has 2 fully saturated rings. The lowest BCUT2D eigenvalue weighted by Crippen LogP contribution is -2.53. The Bertz CT molecular complexity index is 2040. The summed E-state index contributed by atoms with van der Waals surface area (Å²) >= 11 is 0. The molecule has 5 aromatic rings. The summed E-state index contributed by atoms with van der Waals surface area (Å²) in [5.41, 5.74) is 3.80. The summed E-state index contributed by atoms with van der Waals surface area (Å²) in [5.74, 6) is -0.458. The third-order valence-electron chi connectivity index (χ3n) is 10.3. The second-order valence-corrected chi connectivity index (χ2v) is 13.4. The van der Waals surface area contributed by atoms with Crippen molar-refractivity contribution >= 4 is 22.8 Å². The van der Waals surface area contributed by atoms with Crippen LogP contribution in [0.2, 0.25) is 0 Å². The van der Waals surface area contributed by atoms with Gasteiger partial charge in [0.1, 0.15) is 17.7 Å². The number of aryl methyl sites for hydroxylation is 2. The zero-order valence-corrected chi connectivity index (χ0v) is 27.6. The minimum atomic E-state index is -1.12. The number of aliphatic hydroxyl groups is 1. The number of benzene rings is 1. The Morgan fingerprint density at radius 3 is 2.48 bits per heavy atom. The van der Waals surface area contributed by atoms with Crippen molar-refractivity contribution in [3.05, 3.63) is 107 Å². The molecule has 0 bridgehead atoms. The highest BCUT2D eigenvalue weighted by atomic mass is 16.3. The summed E-state index contributed by atoms with van der Waals surface area (Å²) in [4.78, 5) is 53.6. The molecule has 0 aliphatic carbocycles. The van der Waals surface area contributed by atoms with E-state index in [1.54, 1.807) is 23.0 Å². The molecule has 7 rings (SSSR count). The third kappa shape index (κ3) is 5.83. The van der Waals surface area contributed by atoms with Gasteiger partial charge in [0.05, 0.1) is 17.5 Å². The molecule has 248 valence electrons. The normalized spacial score (nSPS) is 19.5. The molecule has 4 aromatic heterocycles. The molecule has 2 saturated heterocycles. The third-order valence-corrected chi connectivity index (χ3v) is 10.3. The van der Waals surface area contributed by atoms with Gasteiger partial charge in [0.15, 0.2) is 0 Å². The monoisotopic (exact) mass is 647 g/mol. The number of fused-ring (bicyclic) bond motifs is 1. The Kier molecular flexibility index (Phi) is 8.24. The zero-order chi connectivity index (χ0) is 33.6. The lowest BCUT2D eigenvalue weighted by Gasteiger charge is -2.43. The molecule has 11 nitrogen and oxygen atoms in total. The fraction of sp³-hybridized carbons (Fsp3) is 0.378. The van der Waals surface area contributed by atoms with Gasteiger partial charge < -0.3 is 24.0 Å². The molecule has 2 atom stereocenters. The molecule has 2 amide bonds.